The highest BCUT2D eigenvalue weighted by atomic mass is 32.3. The van der Waals surface area contributed by atoms with Gasteiger partial charge in [-0.2, -0.15) is 16.8 Å². The smallest absolute Gasteiger partial charge is 0.173 e. The van der Waals surface area contributed by atoms with Crippen molar-refractivity contribution in [3.8, 4) is 0 Å². The maximum Gasteiger partial charge on any atom is 0.308 e. The molecule has 0 aliphatic carbocycles. The first kappa shape index (κ1) is 10.9. The Morgan fingerprint density at radius 1 is 0.818 bits per heavy atom. The van der Waals surface area contributed by atoms with Crippen LogP contribution in [0.25, 0.3) is 0 Å². The lowest BCUT2D eigenvalue weighted by atomic mass is 11.3. The van der Waals surface area contributed by atoms with Gasteiger partial charge in [-0.05, 0) is 0 Å². The van der Waals surface area contributed by atoms with E-state index in [0.717, 1.165) is 26.6 Å². The molecule has 7 heteroatoms. The molecule has 0 saturated carbocycles. The molecule has 0 aliphatic heterocycles. The third kappa shape index (κ3) is 1.91. The zero-order chi connectivity index (χ0) is 9.50. The average molecular weight is 202 g/mol. The fourth-order valence-corrected chi connectivity index (χ4v) is 2.21. The van der Waals surface area contributed by atoms with Gasteiger partial charge in [0.05, 0.1) is 26.6 Å². The van der Waals surface area contributed by atoms with Crippen LogP contribution in [0.3, 0.4) is 0 Å². The van der Waals surface area contributed by atoms with Crippen LogP contribution in [0, 0.1) is 0 Å². The van der Waals surface area contributed by atoms with Crippen LogP contribution in [-0.2, 0) is 20.0 Å². The van der Waals surface area contributed by atoms with Crippen molar-refractivity contribution in [3.05, 3.63) is 0 Å². The Hall–Kier alpha value is -0.140. The fourth-order valence-electron chi connectivity index (χ4n) is 0.246. The molecule has 0 spiro atoms. The Kier molecular flexibility index (Phi) is 2.40. The first-order chi connectivity index (χ1) is 4.50. The Labute approximate surface area is 67.3 Å². The van der Waals surface area contributed by atoms with Crippen LogP contribution in [0.4, 0.5) is 0 Å². The van der Waals surface area contributed by atoms with Gasteiger partial charge in [0.25, 0.3) is 0 Å². The molecule has 0 aromatic rings. The number of quaternary nitrogens is 1. The molecule has 0 bridgehead atoms. The van der Waals surface area contributed by atoms with E-state index in [1.807, 2.05) is 0 Å². The van der Waals surface area contributed by atoms with Crippen molar-refractivity contribution >= 4 is 20.0 Å². The Bertz CT molecular complexity index is 302. The van der Waals surface area contributed by atoms with E-state index in [9.17, 15) is 16.8 Å². The first-order valence-corrected chi connectivity index (χ1v) is 6.44. The summed E-state index contributed by atoms with van der Waals surface area (Å²) in [5.41, 5.74) is 0. The number of rotatable bonds is 2. The summed E-state index contributed by atoms with van der Waals surface area (Å²) in [4.78, 5) is 0. The second-order valence-corrected chi connectivity index (χ2v) is 7.71. The van der Waals surface area contributed by atoms with E-state index in [2.05, 4.69) is 0 Å². The lowest BCUT2D eigenvalue weighted by Crippen LogP contribution is -2.48. The van der Waals surface area contributed by atoms with Crippen molar-refractivity contribution in [3.63, 3.8) is 0 Å². The second kappa shape index (κ2) is 2.43. The summed E-state index contributed by atoms with van der Waals surface area (Å²) in [6, 6.07) is 0. The first-order valence-electron chi connectivity index (χ1n) is 2.74. The lowest BCUT2D eigenvalue weighted by Gasteiger charge is -2.22. The molecular weight excluding hydrogens is 190 g/mol. The zero-order valence-corrected chi connectivity index (χ0v) is 8.53. The van der Waals surface area contributed by atoms with Crippen molar-refractivity contribution < 1.29 is 20.1 Å². The van der Waals surface area contributed by atoms with Crippen LogP contribution in [0.2, 0.25) is 0 Å². The molecule has 0 fully saturated rings. The summed E-state index contributed by atoms with van der Waals surface area (Å²) < 4.78 is 42.6. The highest BCUT2D eigenvalue weighted by Crippen LogP contribution is 2.11. The largest absolute Gasteiger partial charge is 0.308 e. The molecule has 0 radical (unpaired) electrons. The van der Waals surface area contributed by atoms with Crippen LogP contribution in [0.15, 0.2) is 0 Å². The minimum atomic E-state index is -3.61. The standard InChI is InChI=1S/C4H12NO4S2/c1-5(2,10(3,6)7)11(4,8)9/h1-4H3/q+1. The molecule has 0 heterocycles. The third-order valence-corrected chi connectivity index (χ3v) is 6.42. The topological polar surface area (TPSA) is 68.3 Å². The van der Waals surface area contributed by atoms with Crippen LogP contribution >= 0.6 is 0 Å². The summed E-state index contributed by atoms with van der Waals surface area (Å²) in [5, 5.41) is 0. The normalized spacial score (nSPS) is 14.9. The van der Waals surface area contributed by atoms with Gasteiger partial charge >= 0.3 is 20.0 Å². The SMILES string of the molecule is C[N+](C)(S(C)(=O)=O)S(C)(=O)=O. The van der Waals surface area contributed by atoms with Crippen molar-refractivity contribution in [1.29, 1.82) is 0 Å². The fraction of sp³-hybridized carbons (Fsp3) is 1.00. The summed E-state index contributed by atoms with van der Waals surface area (Å²) in [5.74, 6) is 0. The van der Waals surface area contributed by atoms with Gasteiger partial charge in [0.2, 0.25) is 0 Å². The van der Waals surface area contributed by atoms with Gasteiger partial charge in [-0.1, -0.05) is 0 Å². The monoisotopic (exact) mass is 202 g/mol. The van der Waals surface area contributed by atoms with E-state index >= 15 is 0 Å². The van der Waals surface area contributed by atoms with Crippen molar-refractivity contribution in [1.82, 2.24) is 0 Å². The highest BCUT2D eigenvalue weighted by Gasteiger charge is 2.38. The van der Waals surface area contributed by atoms with Gasteiger partial charge < -0.3 is 0 Å². The van der Waals surface area contributed by atoms with E-state index in [4.69, 9.17) is 0 Å². The maximum absolute atomic E-state index is 10.9. The summed E-state index contributed by atoms with van der Waals surface area (Å²) in [6.07, 6.45) is 1.77. The summed E-state index contributed by atoms with van der Waals surface area (Å²) in [7, 11) is -4.99. The van der Waals surface area contributed by atoms with Crippen molar-refractivity contribution in [2.45, 2.75) is 0 Å². The van der Waals surface area contributed by atoms with E-state index in [1.54, 1.807) is 0 Å². The molecule has 0 aromatic carbocycles. The van der Waals surface area contributed by atoms with E-state index in [-0.39, 0.29) is 0 Å². The van der Waals surface area contributed by atoms with Gasteiger partial charge in [-0.3, -0.25) is 0 Å². The molecule has 0 N–H and O–H groups in total. The summed E-state index contributed by atoms with van der Waals surface area (Å²) >= 11 is 0. The number of hydrogen-bond acceptors (Lipinski definition) is 4. The third-order valence-electron chi connectivity index (χ3n) is 1.60. The molecule has 5 nitrogen and oxygen atoms in total. The maximum atomic E-state index is 10.9. The Balaban J connectivity index is 5.45. The Morgan fingerprint density at radius 3 is 1.00 bits per heavy atom. The van der Waals surface area contributed by atoms with Gasteiger partial charge in [0.1, 0.15) is 0 Å². The minimum Gasteiger partial charge on any atom is -0.173 e. The van der Waals surface area contributed by atoms with Gasteiger partial charge in [-0.15, -0.1) is 3.29 Å². The quantitative estimate of drug-likeness (QED) is 0.538. The van der Waals surface area contributed by atoms with Crippen LogP contribution in [0.1, 0.15) is 0 Å². The molecule has 0 unspecified atom stereocenters. The van der Waals surface area contributed by atoms with Gasteiger partial charge in [0.15, 0.2) is 0 Å². The van der Waals surface area contributed by atoms with Crippen LogP contribution in [-0.4, -0.2) is 46.7 Å². The minimum absolute atomic E-state index is 0.883. The predicted molar refractivity (Wildman–Crippen MR) is 41.8 cm³/mol. The number of sulfonamides is 2. The molecule has 11 heavy (non-hydrogen) atoms. The lowest BCUT2D eigenvalue weighted by molar-refractivity contribution is -0.619. The molecule has 0 rings (SSSR count). The molecule has 0 aliphatic rings. The second-order valence-electron chi connectivity index (χ2n) is 2.72. The van der Waals surface area contributed by atoms with E-state index in [0.29, 0.717) is 0 Å². The van der Waals surface area contributed by atoms with E-state index < -0.39 is 23.3 Å². The van der Waals surface area contributed by atoms with Crippen molar-refractivity contribution in [2.75, 3.05) is 26.6 Å². The molecule has 0 atom stereocenters. The van der Waals surface area contributed by atoms with Crippen LogP contribution < -0.4 is 0 Å². The molecule has 0 amide bonds. The number of nitrogens with zero attached hydrogens (tertiary/aromatic N) is 1. The van der Waals surface area contributed by atoms with Crippen molar-refractivity contribution in [2.24, 2.45) is 0 Å². The molecule has 0 aromatic heterocycles. The van der Waals surface area contributed by atoms with Gasteiger partial charge in [-0.25, -0.2) is 0 Å². The van der Waals surface area contributed by atoms with Gasteiger partial charge in [0, 0.05) is 0 Å². The van der Waals surface area contributed by atoms with E-state index in [1.165, 1.54) is 0 Å². The molecule has 0 saturated heterocycles. The Morgan fingerprint density at radius 2 is 1.00 bits per heavy atom. The molecular formula is C4H12NO4S2+. The van der Waals surface area contributed by atoms with Crippen LogP contribution in [0.5, 0.6) is 0 Å². The average Bonchev–Trinajstić information content (AvgIpc) is 1.58. The number of hydrogen-bond donors (Lipinski definition) is 0. The molecule has 68 valence electrons. The zero-order valence-electron chi connectivity index (χ0n) is 6.90. The highest BCUT2D eigenvalue weighted by molar-refractivity contribution is 7.97. The summed E-state index contributed by atoms with van der Waals surface area (Å²) in [6.45, 7) is 0. The predicted octanol–water partition coefficient (Wildman–Crippen LogP) is -1.02.